The molecule has 2 rings (SSSR count). The monoisotopic (exact) mass is 363 g/mol. The van der Waals surface area contributed by atoms with Crippen LogP contribution in [-0.2, 0) is 4.79 Å². The van der Waals surface area contributed by atoms with Crippen molar-refractivity contribution in [1.82, 2.24) is 0 Å². The molecule has 2 aromatic carbocycles. The van der Waals surface area contributed by atoms with E-state index in [2.05, 4.69) is 21.2 Å². The molecule has 0 spiro atoms. The third-order valence-electron chi connectivity index (χ3n) is 2.74. The normalized spacial score (nSPS) is 10.2. The van der Waals surface area contributed by atoms with Gasteiger partial charge in [-0.3, -0.25) is 9.59 Å². The first-order chi connectivity index (χ1) is 10.0. The predicted molar refractivity (Wildman–Crippen MR) is 89.9 cm³/mol. The summed E-state index contributed by atoms with van der Waals surface area (Å²) in [4.78, 5) is 24.2. The lowest BCUT2D eigenvalue weighted by Gasteiger charge is -2.06. The average molecular weight is 364 g/mol. The highest BCUT2D eigenvalue weighted by molar-refractivity contribution is 9.10. The van der Waals surface area contributed by atoms with Crippen LogP contribution in [0.25, 0.3) is 0 Å². The van der Waals surface area contributed by atoms with Gasteiger partial charge in [0.1, 0.15) is 0 Å². The van der Waals surface area contributed by atoms with Crippen LogP contribution in [0.1, 0.15) is 17.3 Å². The van der Waals surface area contributed by atoms with E-state index >= 15 is 0 Å². The molecule has 0 saturated carbocycles. The molecule has 0 radical (unpaired) electrons. The third-order valence-corrected chi connectivity index (χ3v) is 4.28. The molecule has 0 atom stereocenters. The maximum Gasteiger partial charge on any atom is 0.234 e. The molecule has 21 heavy (non-hydrogen) atoms. The minimum absolute atomic E-state index is 0.0182. The number of anilines is 1. The number of carbonyl (C=O) groups excluding carboxylic acids is 2. The predicted octanol–water partition coefficient (Wildman–Crippen LogP) is 4.38. The molecular formula is C16H14BrNO2S. The Hall–Kier alpha value is -1.59. The molecule has 0 bridgehead atoms. The Morgan fingerprint density at radius 3 is 2.52 bits per heavy atom. The van der Waals surface area contributed by atoms with Crippen molar-refractivity contribution in [1.29, 1.82) is 0 Å². The van der Waals surface area contributed by atoms with E-state index in [9.17, 15) is 9.59 Å². The zero-order valence-corrected chi connectivity index (χ0v) is 13.8. The number of benzene rings is 2. The van der Waals surface area contributed by atoms with Gasteiger partial charge in [0, 0.05) is 20.6 Å². The van der Waals surface area contributed by atoms with Crippen LogP contribution >= 0.6 is 27.7 Å². The van der Waals surface area contributed by atoms with E-state index in [-0.39, 0.29) is 11.7 Å². The van der Waals surface area contributed by atoms with E-state index in [4.69, 9.17) is 0 Å². The lowest BCUT2D eigenvalue weighted by atomic mass is 10.1. The number of amides is 1. The van der Waals surface area contributed by atoms with Gasteiger partial charge in [-0.15, -0.1) is 11.8 Å². The van der Waals surface area contributed by atoms with Gasteiger partial charge in [-0.05, 0) is 43.3 Å². The summed E-state index contributed by atoms with van der Waals surface area (Å²) in [6, 6.07) is 14.7. The highest BCUT2D eigenvalue weighted by Gasteiger charge is 2.05. The minimum atomic E-state index is -0.0939. The van der Waals surface area contributed by atoms with E-state index in [1.807, 2.05) is 24.3 Å². The van der Waals surface area contributed by atoms with Crippen LogP contribution in [0.5, 0.6) is 0 Å². The highest BCUT2D eigenvalue weighted by atomic mass is 79.9. The Labute approximate surface area is 136 Å². The Balaban J connectivity index is 1.91. The molecule has 1 N–H and O–H groups in total. The summed E-state index contributed by atoms with van der Waals surface area (Å²) in [5, 5.41) is 2.80. The van der Waals surface area contributed by atoms with E-state index in [0.717, 1.165) is 9.37 Å². The second kappa shape index (κ2) is 7.43. The number of hydrogen-bond donors (Lipinski definition) is 1. The summed E-state index contributed by atoms with van der Waals surface area (Å²) in [5.74, 6) is 0.213. The van der Waals surface area contributed by atoms with Crippen LogP contribution in [0.3, 0.4) is 0 Å². The number of ketones is 1. The molecule has 5 heteroatoms. The van der Waals surface area contributed by atoms with Gasteiger partial charge < -0.3 is 5.32 Å². The first-order valence-electron chi connectivity index (χ1n) is 6.34. The van der Waals surface area contributed by atoms with Crippen LogP contribution in [0.15, 0.2) is 57.9 Å². The van der Waals surface area contributed by atoms with Gasteiger partial charge in [-0.1, -0.05) is 28.1 Å². The zero-order valence-electron chi connectivity index (χ0n) is 11.4. The summed E-state index contributed by atoms with van der Waals surface area (Å²) >= 11 is 4.84. The maximum atomic E-state index is 11.9. The average Bonchev–Trinajstić information content (AvgIpc) is 2.47. The lowest BCUT2D eigenvalue weighted by Crippen LogP contribution is -2.14. The fourth-order valence-corrected chi connectivity index (χ4v) is 2.66. The van der Waals surface area contributed by atoms with Gasteiger partial charge in [-0.25, -0.2) is 0 Å². The fraction of sp³-hybridized carbons (Fsp3) is 0.125. The standard InChI is InChI=1S/C16H14BrNO2S/c1-11(19)12-3-2-4-14(9-12)18-16(20)10-21-15-7-5-13(17)6-8-15/h2-9H,10H2,1H3,(H,18,20). The van der Waals surface area contributed by atoms with Crippen molar-refractivity contribution in [3.8, 4) is 0 Å². The second-order valence-corrected chi connectivity index (χ2v) is 6.39. The van der Waals surface area contributed by atoms with E-state index in [1.54, 1.807) is 24.3 Å². The van der Waals surface area contributed by atoms with Gasteiger partial charge in [0.2, 0.25) is 5.91 Å². The van der Waals surface area contributed by atoms with Crippen molar-refractivity contribution in [2.24, 2.45) is 0 Å². The Bertz CT molecular complexity index is 656. The molecule has 0 saturated heterocycles. The number of Topliss-reactive ketones (excluding diaryl/α,β-unsaturated/α-hetero) is 1. The fourth-order valence-electron chi connectivity index (χ4n) is 1.69. The van der Waals surface area contributed by atoms with E-state index < -0.39 is 0 Å². The van der Waals surface area contributed by atoms with Crippen molar-refractivity contribution < 1.29 is 9.59 Å². The SMILES string of the molecule is CC(=O)c1cccc(NC(=O)CSc2ccc(Br)cc2)c1. The molecule has 2 aromatic rings. The van der Waals surface area contributed by atoms with E-state index in [1.165, 1.54) is 18.7 Å². The minimum Gasteiger partial charge on any atom is -0.325 e. The summed E-state index contributed by atoms with van der Waals surface area (Å²) in [6.45, 7) is 1.50. The number of thioether (sulfide) groups is 1. The summed E-state index contributed by atoms with van der Waals surface area (Å²) in [5.41, 5.74) is 1.23. The van der Waals surface area contributed by atoms with Gasteiger partial charge >= 0.3 is 0 Å². The summed E-state index contributed by atoms with van der Waals surface area (Å²) in [6.07, 6.45) is 0. The van der Waals surface area contributed by atoms with Crippen molar-refractivity contribution in [3.63, 3.8) is 0 Å². The molecule has 1 amide bonds. The first-order valence-corrected chi connectivity index (χ1v) is 8.11. The van der Waals surface area contributed by atoms with E-state index in [0.29, 0.717) is 17.0 Å². The summed E-state index contributed by atoms with van der Waals surface area (Å²) < 4.78 is 1.01. The van der Waals surface area contributed by atoms with Gasteiger partial charge in [0.05, 0.1) is 5.75 Å². The number of rotatable bonds is 5. The second-order valence-electron chi connectivity index (χ2n) is 4.43. The molecular weight excluding hydrogens is 350 g/mol. The van der Waals surface area contributed by atoms with Gasteiger partial charge in [0.25, 0.3) is 0 Å². The Kier molecular flexibility index (Phi) is 5.59. The molecule has 0 fully saturated rings. The number of carbonyl (C=O) groups is 2. The van der Waals surface area contributed by atoms with Crippen LogP contribution < -0.4 is 5.32 Å². The summed E-state index contributed by atoms with van der Waals surface area (Å²) in [7, 11) is 0. The van der Waals surface area contributed by atoms with Crippen LogP contribution in [-0.4, -0.2) is 17.4 Å². The molecule has 0 unspecified atom stereocenters. The van der Waals surface area contributed by atoms with Crippen LogP contribution in [0.2, 0.25) is 0 Å². The largest absolute Gasteiger partial charge is 0.325 e. The topological polar surface area (TPSA) is 46.2 Å². The van der Waals surface area contributed by atoms with Crippen molar-refractivity contribution in [3.05, 3.63) is 58.6 Å². The molecule has 108 valence electrons. The first kappa shape index (κ1) is 15.8. The highest BCUT2D eigenvalue weighted by Crippen LogP contribution is 2.21. The van der Waals surface area contributed by atoms with Crippen molar-refractivity contribution in [2.45, 2.75) is 11.8 Å². The third kappa shape index (κ3) is 5.02. The smallest absolute Gasteiger partial charge is 0.234 e. The van der Waals surface area contributed by atoms with Gasteiger partial charge in [-0.2, -0.15) is 0 Å². The quantitative estimate of drug-likeness (QED) is 0.633. The maximum absolute atomic E-state index is 11.9. The molecule has 0 aromatic heterocycles. The lowest BCUT2D eigenvalue weighted by molar-refractivity contribution is -0.113. The Morgan fingerprint density at radius 2 is 1.86 bits per heavy atom. The molecule has 3 nitrogen and oxygen atoms in total. The number of halogens is 1. The Morgan fingerprint density at radius 1 is 1.14 bits per heavy atom. The van der Waals surface area contributed by atoms with Crippen molar-refractivity contribution in [2.75, 3.05) is 11.1 Å². The molecule has 0 aliphatic heterocycles. The number of hydrogen-bond acceptors (Lipinski definition) is 3. The van der Waals surface area contributed by atoms with Gasteiger partial charge in [0.15, 0.2) is 5.78 Å². The molecule has 0 heterocycles. The van der Waals surface area contributed by atoms with Crippen molar-refractivity contribution >= 4 is 45.1 Å². The number of nitrogens with one attached hydrogen (secondary N) is 1. The zero-order chi connectivity index (χ0) is 15.2. The molecule has 0 aliphatic carbocycles. The molecule has 0 aliphatic rings. The van der Waals surface area contributed by atoms with Crippen LogP contribution in [0, 0.1) is 0 Å². The van der Waals surface area contributed by atoms with Crippen LogP contribution in [0.4, 0.5) is 5.69 Å².